The highest BCUT2D eigenvalue weighted by atomic mass is 16.3. The van der Waals surface area contributed by atoms with E-state index in [0.29, 0.717) is 0 Å². The molecule has 0 fully saturated rings. The van der Waals surface area contributed by atoms with Gasteiger partial charge in [0.05, 0.1) is 0 Å². The Morgan fingerprint density at radius 3 is 0.750 bits per heavy atom. The molecular formula is C27H24O9. The van der Waals surface area contributed by atoms with E-state index in [1.807, 2.05) is 0 Å². The van der Waals surface area contributed by atoms with E-state index in [2.05, 4.69) is 0 Å². The van der Waals surface area contributed by atoms with Crippen LogP contribution in [0.25, 0.3) is 0 Å². The van der Waals surface area contributed by atoms with Crippen LogP contribution in [0.1, 0.15) is 47.8 Å². The first kappa shape index (κ1) is 29.2. The average molecular weight is 492 g/mol. The molecule has 0 aliphatic heterocycles. The van der Waals surface area contributed by atoms with Crippen molar-refractivity contribution >= 4 is 17.3 Å². The summed E-state index contributed by atoms with van der Waals surface area (Å²) in [5, 5.41) is 28.5. The maximum absolute atomic E-state index is 13.1. The predicted molar refractivity (Wildman–Crippen MR) is 132 cm³/mol. The van der Waals surface area contributed by atoms with Gasteiger partial charge in [0, 0.05) is 33.4 Å². The minimum atomic E-state index is -0.421. The van der Waals surface area contributed by atoms with Crippen LogP contribution >= 0.6 is 0 Å². The third-order valence-corrected chi connectivity index (χ3v) is 5.11. The summed E-state index contributed by atoms with van der Waals surface area (Å²) in [5.41, 5.74) is 1.24. The lowest BCUT2D eigenvalue weighted by Crippen LogP contribution is -2.10. The van der Waals surface area contributed by atoms with Crippen molar-refractivity contribution in [2.24, 2.45) is 0 Å². The molecule has 0 aliphatic carbocycles. The van der Waals surface area contributed by atoms with Gasteiger partial charge in [-0.15, -0.1) is 0 Å². The third kappa shape index (κ3) is 6.19. The van der Waals surface area contributed by atoms with Gasteiger partial charge in [-0.25, -0.2) is 0 Å². The van der Waals surface area contributed by atoms with Crippen LogP contribution in [0.3, 0.4) is 0 Å². The van der Waals surface area contributed by atoms with Crippen LogP contribution in [0.4, 0.5) is 0 Å². The normalized spacial score (nSPS) is 9.67. The molecule has 9 heteroatoms. The van der Waals surface area contributed by atoms with Gasteiger partial charge in [0.1, 0.15) is 17.2 Å². The molecular weight excluding hydrogens is 468 g/mol. The van der Waals surface area contributed by atoms with Crippen molar-refractivity contribution in [3.05, 3.63) is 124 Å². The molecule has 9 N–H and O–H groups in total. The van der Waals surface area contributed by atoms with Crippen LogP contribution < -0.4 is 0 Å². The first-order chi connectivity index (χ1) is 15.8. The van der Waals surface area contributed by atoms with Gasteiger partial charge in [0.25, 0.3) is 0 Å². The Morgan fingerprint density at radius 1 is 0.361 bits per heavy atom. The zero-order valence-corrected chi connectivity index (χ0v) is 18.7. The summed E-state index contributed by atoms with van der Waals surface area (Å²) in [5.74, 6) is -1.25. The summed E-state index contributed by atoms with van der Waals surface area (Å²) >= 11 is 0. The molecule has 0 spiro atoms. The van der Waals surface area contributed by atoms with Gasteiger partial charge in [-0.05, 0) is 91.0 Å². The molecule has 0 saturated heterocycles. The number of hydrogen-bond donors (Lipinski definition) is 3. The Bertz CT molecular complexity index is 1180. The summed E-state index contributed by atoms with van der Waals surface area (Å²) < 4.78 is 0. The van der Waals surface area contributed by atoms with Crippen LogP contribution in [0, 0.1) is 0 Å². The van der Waals surface area contributed by atoms with Crippen molar-refractivity contribution in [1.82, 2.24) is 0 Å². The SMILES string of the molecule is O.O.O.O=C(c1ccc(O)cc1)c1cc(C(=O)c2ccc(O)cc2)cc(C(=O)c2ccc(O)cc2)c1. The fourth-order valence-corrected chi connectivity index (χ4v) is 3.36. The second-order valence-corrected chi connectivity index (χ2v) is 7.43. The van der Waals surface area contributed by atoms with Crippen LogP contribution in [-0.2, 0) is 0 Å². The number of rotatable bonds is 6. The molecule has 0 heterocycles. The van der Waals surface area contributed by atoms with Gasteiger partial charge in [-0.3, -0.25) is 14.4 Å². The number of phenolic OH excluding ortho intramolecular Hbond substituents is 3. The Hall–Kier alpha value is -4.83. The smallest absolute Gasteiger partial charge is 0.193 e. The Balaban J connectivity index is 0.00000216. The molecule has 0 atom stereocenters. The van der Waals surface area contributed by atoms with Crippen molar-refractivity contribution in [3.63, 3.8) is 0 Å². The van der Waals surface area contributed by atoms with Crippen LogP contribution in [0.15, 0.2) is 91.0 Å². The topological polar surface area (TPSA) is 206 Å². The Labute approximate surface area is 205 Å². The molecule has 0 amide bonds. The van der Waals surface area contributed by atoms with E-state index in [1.54, 1.807) is 0 Å². The summed E-state index contributed by atoms with van der Waals surface area (Å²) in [4.78, 5) is 39.3. The number of aromatic hydroxyl groups is 3. The first-order valence-electron chi connectivity index (χ1n) is 9.98. The molecule has 36 heavy (non-hydrogen) atoms. The van der Waals surface area contributed by atoms with Crippen molar-refractivity contribution in [2.75, 3.05) is 0 Å². The van der Waals surface area contributed by atoms with E-state index in [0.717, 1.165) is 0 Å². The minimum Gasteiger partial charge on any atom is -0.508 e. The van der Waals surface area contributed by atoms with Crippen molar-refractivity contribution < 1.29 is 46.1 Å². The van der Waals surface area contributed by atoms with Gasteiger partial charge >= 0.3 is 0 Å². The largest absolute Gasteiger partial charge is 0.508 e. The van der Waals surface area contributed by atoms with Crippen molar-refractivity contribution in [3.8, 4) is 17.2 Å². The molecule has 0 aliphatic rings. The second kappa shape index (κ2) is 12.0. The predicted octanol–water partition coefficient (Wildman–Crippen LogP) is 2.02. The minimum absolute atomic E-state index is 0. The molecule has 0 aromatic heterocycles. The first-order valence-corrected chi connectivity index (χ1v) is 9.98. The molecule has 0 bridgehead atoms. The summed E-state index contributed by atoms with van der Waals surface area (Å²) in [7, 11) is 0. The molecule has 0 radical (unpaired) electrons. The second-order valence-electron chi connectivity index (χ2n) is 7.43. The standard InChI is InChI=1S/C27H18O6.3H2O/c28-22-7-1-16(2-8-22)25(31)19-13-20(26(32)17-3-9-23(29)10-4-17)15-21(14-19)27(33)18-5-11-24(30)12-6-18;;;/h1-15,28-30H;3*1H2. The third-order valence-electron chi connectivity index (χ3n) is 5.11. The van der Waals surface area contributed by atoms with Gasteiger partial charge in [-0.1, -0.05) is 0 Å². The zero-order chi connectivity index (χ0) is 23.5. The fourth-order valence-electron chi connectivity index (χ4n) is 3.36. The van der Waals surface area contributed by atoms with Crippen molar-refractivity contribution in [2.45, 2.75) is 0 Å². The van der Waals surface area contributed by atoms with Gasteiger partial charge in [-0.2, -0.15) is 0 Å². The Morgan fingerprint density at radius 2 is 0.556 bits per heavy atom. The van der Waals surface area contributed by atoms with Gasteiger partial charge in [0.15, 0.2) is 17.3 Å². The summed E-state index contributed by atoms with van der Waals surface area (Å²) in [6, 6.07) is 21.2. The molecule has 4 aromatic carbocycles. The highest BCUT2D eigenvalue weighted by Crippen LogP contribution is 2.22. The van der Waals surface area contributed by atoms with Gasteiger partial charge < -0.3 is 31.7 Å². The lowest BCUT2D eigenvalue weighted by atomic mass is 9.92. The maximum Gasteiger partial charge on any atom is 0.193 e. The summed E-state index contributed by atoms with van der Waals surface area (Å²) in [6.45, 7) is 0. The quantitative estimate of drug-likeness (QED) is 0.343. The number of hydrogen-bond acceptors (Lipinski definition) is 6. The lowest BCUT2D eigenvalue weighted by molar-refractivity contribution is 0.103. The lowest BCUT2D eigenvalue weighted by Gasteiger charge is -2.10. The van der Waals surface area contributed by atoms with Gasteiger partial charge in [0.2, 0.25) is 0 Å². The van der Waals surface area contributed by atoms with E-state index in [-0.39, 0.29) is 67.1 Å². The molecule has 4 rings (SSSR count). The number of carbonyl (C=O) groups is 3. The van der Waals surface area contributed by atoms with E-state index < -0.39 is 17.3 Å². The van der Waals surface area contributed by atoms with Crippen molar-refractivity contribution in [1.29, 1.82) is 0 Å². The molecule has 186 valence electrons. The highest BCUT2D eigenvalue weighted by Gasteiger charge is 2.19. The molecule has 4 aromatic rings. The fraction of sp³-hybridized carbons (Fsp3) is 0. The molecule has 0 saturated carbocycles. The number of ketones is 3. The van der Waals surface area contributed by atoms with E-state index >= 15 is 0 Å². The molecule has 9 nitrogen and oxygen atoms in total. The maximum atomic E-state index is 13.1. The monoisotopic (exact) mass is 492 g/mol. The van der Waals surface area contributed by atoms with E-state index in [9.17, 15) is 29.7 Å². The van der Waals surface area contributed by atoms with E-state index in [1.165, 1.54) is 91.0 Å². The average Bonchev–Trinajstić information content (AvgIpc) is 2.84. The number of carbonyl (C=O) groups excluding carboxylic acids is 3. The Kier molecular flexibility index (Phi) is 9.77. The van der Waals surface area contributed by atoms with Crippen LogP contribution in [0.2, 0.25) is 0 Å². The van der Waals surface area contributed by atoms with Crippen LogP contribution in [-0.4, -0.2) is 49.1 Å². The highest BCUT2D eigenvalue weighted by molar-refractivity contribution is 6.17. The molecule has 0 unspecified atom stereocenters. The zero-order valence-electron chi connectivity index (χ0n) is 18.7. The number of benzene rings is 4. The van der Waals surface area contributed by atoms with E-state index in [4.69, 9.17) is 0 Å². The summed E-state index contributed by atoms with van der Waals surface area (Å²) in [6.07, 6.45) is 0. The van der Waals surface area contributed by atoms with Crippen LogP contribution in [0.5, 0.6) is 17.2 Å². The number of phenols is 3.